The van der Waals surface area contributed by atoms with Crippen molar-refractivity contribution in [2.45, 2.75) is 37.4 Å². The Labute approximate surface area is 143 Å². The molecule has 0 unspecified atom stereocenters. The number of nitrogens with zero attached hydrogens (tertiary/aromatic N) is 4. The van der Waals surface area contributed by atoms with Crippen molar-refractivity contribution >= 4 is 17.7 Å². The Morgan fingerprint density at radius 3 is 2.68 bits per heavy atom. The molecule has 3 heterocycles. The second kappa shape index (κ2) is 6.12. The van der Waals surface area contributed by atoms with Gasteiger partial charge in [0, 0.05) is 24.9 Å². The molecule has 1 saturated carbocycles. The first kappa shape index (κ1) is 15.5. The maximum Gasteiger partial charge on any atom is 0.356 e. The zero-order valence-electron chi connectivity index (χ0n) is 13.4. The predicted octanol–water partition coefficient (Wildman–Crippen LogP) is 1.49. The molecular weight excluding hydrogens is 322 g/mol. The average molecular weight is 339 g/mol. The molecule has 128 valence electrons. The van der Waals surface area contributed by atoms with E-state index in [1.54, 1.807) is 12.4 Å². The summed E-state index contributed by atoms with van der Waals surface area (Å²) in [7, 11) is 0. The van der Waals surface area contributed by atoms with Crippen LogP contribution in [-0.2, 0) is 4.79 Å². The fourth-order valence-electron chi connectivity index (χ4n) is 3.31. The largest absolute Gasteiger partial charge is 0.476 e. The molecular formula is C17H17N5O3. The summed E-state index contributed by atoms with van der Waals surface area (Å²) in [6.07, 6.45) is 8.50. The predicted molar refractivity (Wildman–Crippen MR) is 87.9 cm³/mol. The van der Waals surface area contributed by atoms with Crippen molar-refractivity contribution < 1.29 is 14.7 Å². The van der Waals surface area contributed by atoms with E-state index in [1.807, 2.05) is 17.0 Å². The van der Waals surface area contributed by atoms with Gasteiger partial charge < -0.3 is 15.3 Å². The van der Waals surface area contributed by atoms with Gasteiger partial charge in [0.05, 0.1) is 24.5 Å². The Balaban J connectivity index is 1.60. The Morgan fingerprint density at radius 2 is 2.08 bits per heavy atom. The van der Waals surface area contributed by atoms with Gasteiger partial charge in [-0.25, -0.2) is 14.8 Å². The smallest absolute Gasteiger partial charge is 0.356 e. The van der Waals surface area contributed by atoms with E-state index in [2.05, 4.69) is 20.3 Å². The highest BCUT2D eigenvalue weighted by Gasteiger charge is 2.47. The number of rotatable bonds is 5. The van der Waals surface area contributed by atoms with Gasteiger partial charge in [0.1, 0.15) is 5.82 Å². The van der Waals surface area contributed by atoms with E-state index in [-0.39, 0.29) is 23.7 Å². The lowest BCUT2D eigenvalue weighted by Crippen LogP contribution is -2.34. The number of amides is 1. The first-order valence-corrected chi connectivity index (χ1v) is 8.16. The van der Waals surface area contributed by atoms with E-state index < -0.39 is 5.97 Å². The van der Waals surface area contributed by atoms with Crippen LogP contribution in [0.2, 0.25) is 0 Å². The third-order valence-electron chi connectivity index (χ3n) is 4.53. The highest BCUT2D eigenvalue weighted by atomic mass is 16.4. The van der Waals surface area contributed by atoms with Crippen LogP contribution in [0.25, 0.3) is 0 Å². The van der Waals surface area contributed by atoms with E-state index in [0.717, 1.165) is 18.4 Å². The summed E-state index contributed by atoms with van der Waals surface area (Å²) >= 11 is 0. The molecule has 1 aliphatic carbocycles. The topological polar surface area (TPSA) is 108 Å². The van der Waals surface area contributed by atoms with E-state index in [4.69, 9.17) is 5.11 Å². The SMILES string of the molecule is O=C(O)c1cnc(N[C@@H]2CC(=O)N(C3CC3)[C@H]2c2cccnc2)cn1. The summed E-state index contributed by atoms with van der Waals surface area (Å²) in [6.45, 7) is 0. The Kier molecular flexibility index (Phi) is 3.79. The molecule has 1 saturated heterocycles. The van der Waals surface area contributed by atoms with Crippen LogP contribution in [-0.4, -0.2) is 48.9 Å². The molecule has 8 nitrogen and oxygen atoms in total. The second-order valence-electron chi connectivity index (χ2n) is 6.31. The molecule has 2 fully saturated rings. The molecule has 2 aromatic rings. The van der Waals surface area contributed by atoms with E-state index in [0.29, 0.717) is 18.3 Å². The van der Waals surface area contributed by atoms with Gasteiger partial charge in [0.25, 0.3) is 0 Å². The van der Waals surface area contributed by atoms with Crippen molar-refractivity contribution in [3.05, 3.63) is 48.2 Å². The Bertz CT molecular complexity index is 792. The van der Waals surface area contributed by atoms with E-state index in [9.17, 15) is 9.59 Å². The van der Waals surface area contributed by atoms with Gasteiger partial charge in [-0.05, 0) is 24.5 Å². The van der Waals surface area contributed by atoms with Crippen LogP contribution in [0.5, 0.6) is 0 Å². The van der Waals surface area contributed by atoms with Crippen LogP contribution in [0.4, 0.5) is 5.82 Å². The monoisotopic (exact) mass is 339 g/mol. The molecule has 0 aromatic carbocycles. The minimum absolute atomic E-state index is 0.114. The zero-order chi connectivity index (χ0) is 17.4. The summed E-state index contributed by atoms with van der Waals surface area (Å²) in [5, 5.41) is 12.1. The molecule has 2 aromatic heterocycles. The van der Waals surface area contributed by atoms with Crippen LogP contribution < -0.4 is 5.32 Å². The number of aromatic carboxylic acids is 1. The number of hydrogen-bond donors (Lipinski definition) is 2. The summed E-state index contributed by atoms with van der Waals surface area (Å²) < 4.78 is 0. The van der Waals surface area contributed by atoms with Gasteiger partial charge in [0.15, 0.2) is 5.69 Å². The standard InChI is InChI=1S/C17H17N5O3/c23-15-6-12(21-14-9-19-13(8-20-14)17(24)25)16(22(15)11-3-4-11)10-2-1-5-18-7-10/h1-2,5,7-9,11-12,16H,3-4,6H2,(H,20,21)(H,24,25)/t12-,16+/m1/s1. The molecule has 0 spiro atoms. The van der Waals surface area contributed by atoms with Crippen LogP contribution >= 0.6 is 0 Å². The van der Waals surface area contributed by atoms with Crippen molar-refractivity contribution in [1.82, 2.24) is 19.9 Å². The van der Waals surface area contributed by atoms with Crippen LogP contribution in [0.1, 0.15) is 41.4 Å². The number of anilines is 1. The van der Waals surface area contributed by atoms with E-state index in [1.165, 1.54) is 12.4 Å². The fourth-order valence-corrected chi connectivity index (χ4v) is 3.31. The minimum Gasteiger partial charge on any atom is -0.476 e. The lowest BCUT2D eigenvalue weighted by Gasteiger charge is -2.29. The number of likely N-dealkylation sites (tertiary alicyclic amines) is 1. The maximum atomic E-state index is 12.5. The van der Waals surface area contributed by atoms with Gasteiger partial charge >= 0.3 is 5.97 Å². The molecule has 4 rings (SSSR count). The van der Waals surface area contributed by atoms with Crippen LogP contribution in [0, 0.1) is 0 Å². The summed E-state index contributed by atoms with van der Waals surface area (Å²) in [5.41, 5.74) is 0.865. The third kappa shape index (κ3) is 3.02. The quantitative estimate of drug-likeness (QED) is 0.849. The number of aromatic nitrogens is 3. The fraction of sp³-hybridized carbons (Fsp3) is 0.353. The number of nitrogens with one attached hydrogen (secondary N) is 1. The van der Waals surface area contributed by atoms with Crippen molar-refractivity contribution in [1.29, 1.82) is 0 Å². The van der Waals surface area contributed by atoms with Gasteiger partial charge in [0.2, 0.25) is 5.91 Å². The summed E-state index contributed by atoms with van der Waals surface area (Å²) in [5.74, 6) is -0.554. The molecule has 0 radical (unpaired) electrons. The maximum absolute atomic E-state index is 12.5. The third-order valence-corrected chi connectivity index (χ3v) is 4.53. The number of hydrogen-bond acceptors (Lipinski definition) is 6. The van der Waals surface area contributed by atoms with Crippen molar-refractivity contribution in [3.63, 3.8) is 0 Å². The van der Waals surface area contributed by atoms with Crippen LogP contribution in [0.3, 0.4) is 0 Å². The van der Waals surface area contributed by atoms with Crippen molar-refractivity contribution in [2.24, 2.45) is 0 Å². The molecule has 2 aliphatic rings. The van der Waals surface area contributed by atoms with Gasteiger partial charge in [-0.3, -0.25) is 9.78 Å². The van der Waals surface area contributed by atoms with Crippen LogP contribution in [0.15, 0.2) is 36.9 Å². The van der Waals surface area contributed by atoms with Gasteiger partial charge in [-0.2, -0.15) is 0 Å². The number of carboxylic acids is 1. The highest BCUT2D eigenvalue weighted by molar-refractivity contribution is 5.85. The van der Waals surface area contributed by atoms with Crippen molar-refractivity contribution in [3.8, 4) is 0 Å². The molecule has 2 atom stereocenters. The molecule has 2 N–H and O–H groups in total. The van der Waals surface area contributed by atoms with E-state index >= 15 is 0 Å². The van der Waals surface area contributed by atoms with Crippen molar-refractivity contribution in [2.75, 3.05) is 5.32 Å². The number of pyridine rings is 1. The lowest BCUT2D eigenvalue weighted by atomic mass is 10.0. The number of carbonyl (C=O) groups excluding carboxylic acids is 1. The number of carboxylic acid groups (broad SMARTS) is 1. The molecule has 8 heteroatoms. The highest BCUT2D eigenvalue weighted by Crippen LogP contribution is 2.42. The molecule has 0 bridgehead atoms. The Morgan fingerprint density at radius 1 is 1.24 bits per heavy atom. The lowest BCUT2D eigenvalue weighted by molar-refractivity contribution is -0.129. The zero-order valence-corrected chi connectivity index (χ0v) is 13.4. The van der Waals surface area contributed by atoms with Gasteiger partial charge in [-0.1, -0.05) is 6.07 Å². The summed E-state index contributed by atoms with van der Waals surface area (Å²) in [4.78, 5) is 37.5. The number of carbonyl (C=O) groups is 2. The van der Waals surface area contributed by atoms with Gasteiger partial charge in [-0.15, -0.1) is 0 Å². The first-order valence-electron chi connectivity index (χ1n) is 8.16. The molecule has 1 amide bonds. The molecule has 25 heavy (non-hydrogen) atoms. The molecule has 1 aliphatic heterocycles. The minimum atomic E-state index is -1.12. The average Bonchev–Trinajstić information content (AvgIpc) is 3.40. The summed E-state index contributed by atoms with van der Waals surface area (Å²) in [6, 6.07) is 3.85. The normalized spacial score (nSPS) is 22.9. The first-order chi connectivity index (χ1) is 12.1. The Hall–Kier alpha value is -3.03. The second-order valence-corrected chi connectivity index (χ2v) is 6.31.